The molecule has 6 heteroatoms. The van der Waals surface area contributed by atoms with Gasteiger partial charge in [-0.2, -0.15) is 0 Å². The van der Waals surface area contributed by atoms with Crippen molar-refractivity contribution in [3.05, 3.63) is 33.9 Å². The molecule has 0 saturated carbocycles. The van der Waals surface area contributed by atoms with E-state index < -0.39 is 4.92 Å². The molecule has 20 heavy (non-hydrogen) atoms. The van der Waals surface area contributed by atoms with Gasteiger partial charge in [0.1, 0.15) is 5.69 Å². The molecule has 0 fully saturated rings. The van der Waals surface area contributed by atoms with E-state index in [9.17, 15) is 14.9 Å². The number of amides is 1. The van der Waals surface area contributed by atoms with Crippen molar-refractivity contribution >= 4 is 17.3 Å². The molecule has 0 aliphatic heterocycles. The van der Waals surface area contributed by atoms with Crippen LogP contribution in [0.2, 0.25) is 0 Å². The number of carbonyl (C=O) groups excluding carboxylic acids is 1. The van der Waals surface area contributed by atoms with Crippen LogP contribution in [0.15, 0.2) is 18.2 Å². The van der Waals surface area contributed by atoms with Crippen molar-refractivity contribution in [3.63, 3.8) is 0 Å². The van der Waals surface area contributed by atoms with Crippen molar-refractivity contribution in [3.8, 4) is 0 Å². The highest BCUT2D eigenvalue weighted by Gasteiger charge is 2.25. The lowest BCUT2D eigenvalue weighted by Gasteiger charge is -2.28. The summed E-state index contributed by atoms with van der Waals surface area (Å²) in [7, 11) is 1.58. The first-order valence-electron chi connectivity index (χ1n) is 6.73. The fourth-order valence-electron chi connectivity index (χ4n) is 2.16. The SMILES string of the molecule is CCC(C)N(CC)C(=O)c1cccc([N+](=O)[O-])c1NC. The van der Waals surface area contributed by atoms with Gasteiger partial charge in [-0.05, 0) is 26.3 Å². The lowest BCUT2D eigenvalue weighted by Crippen LogP contribution is -2.38. The van der Waals surface area contributed by atoms with Gasteiger partial charge in [0.05, 0.1) is 10.5 Å². The molecule has 0 spiro atoms. The molecule has 0 radical (unpaired) electrons. The molecular weight excluding hydrogens is 258 g/mol. The Bertz CT molecular complexity index is 502. The summed E-state index contributed by atoms with van der Waals surface area (Å²) in [4.78, 5) is 24.9. The minimum absolute atomic E-state index is 0.0847. The van der Waals surface area contributed by atoms with Gasteiger partial charge in [0.2, 0.25) is 0 Å². The Morgan fingerprint density at radius 3 is 2.55 bits per heavy atom. The van der Waals surface area contributed by atoms with Crippen LogP contribution in [0, 0.1) is 10.1 Å². The average Bonchev–Trinajstić information content (AvgIpc) is 2.46. The van der Waals surface area contributed by atoms with Crippen molar-refractivity contribution in [1.29, 1.82) is 0 Å². The van der Waals surface area contributed by atoms with Crippen molar-refractivity contribution < 1.29 is 9.72 Å². The molecule has 0 aromatic heterocycles. The highest BCUT2D eigenvalue weighted by Crippen LogP contribution is 2.29. The van der Waals surface area contributed by atoms with Crippen molar-refractivity contribution in [2.24, 2.45) is 0 Å². The molecule has 1 N–H and O–H groups in total. The van der Waals surface area contributed by atoms with Crippen LogP contribution in [0.4, 0.5) is 11.4 Å². The Balaban J connectivity index is 3.28. The highest BCUT2D eigenvalue weighted by atomic mass is 16.6. The molecule has 1 atom stereocenters. The normalized spacial score (nSPS) is 11.8. The Morgan fingerprint density at radius 1 is 1.45 bits per heavy atom. The first-order valence-corrected chi connectivity index (χ1v) is 6.73. The van der Waals surface area contributed by atoms with Gasteiger partial charge in [0.15, 0.2) is 0 Å². The fraction of sp³-hybridized carbons (Fsp3) is 0.500. The second-order valence-corrected chi connectivity index (χ2v) is 4.56. The first kappa shape index (κ1) is 15.9. The first-order chi connectivity index (χ1) is 9.47. The highest BCUT2D eigenvalue weighted by molar-refractivity contribution is 6.01. The maximum atomic E-state index is 12.6. The zero-order valence-electron chi connectivity index (χ0n) is 12.3. The van der Waals surface area contributed by atoms with Crippen molar-refractivity contribution in [2.75, 3.05) is 18.9 Å². The monoisotopic (exact) mass is 279 g/mol. The quantitative estimate of drug-likeness (QED) is 0.641. The van der Waals surface area contributed by atoms with Gasteiger partial charge >= 0.3 is 0 Å². The van der Waals surface area contributed by atoms with Crippen LogP contribution in [0.25, 0.3) is 0 Å². The molecule has 1 amide bonds. The third-order valence-corrected chi connectivity index (χ3v) is 3.44. The molecule has 6 nitrogen and oxygen atoms in total. The van der Waals surface area contributed by atoms with E-state index in [4.69, 9.17) is 0 Å². The van der Waals surface area contributed by atoms with Crippen molar-refractivity contribution in [2.45, 2.75) is 33.2 Å². The maximum Gasteiger partial charge on any atom is 0.293 e. The molecule has 0 aliphatic rings. The topological polar surface area (TPSA) is 75.5 Å². The van der Waals surface area contributed by atoms with Gasteiger partial charge in [-0.15, -0.1) is 0 Å². The summed E-state index contributed by atoms with van der Waals surface area (Å²) in [5, 5.41) is 13.8. The number of hydrogen-bond acceptors (Lipinski definition) is 4. The smallest absolute Gasteiger partial charge is 0.293 e. The van der Waals surface area contributed by atoms with Crippen LogP contribution in [0.1, 0.15) is 37.6 Å². The third kappa shape index (κ3) is 3.07. The molecule has 0 saturated heterocycles. The Labute approximate surface area is 118 Å². The van der Waals surface area contributed by atoms with Gasteiger partial charge in [0.25, 0.3) is 11.6 Å². The van der Waals surface area contributed by atoms with Gasteiger partial charge in [-0.1, -0.05) is 13.0 Å². The van der Waals surface area contributed by atoms with Crippen LogP contribution in [-0.4, -0.2) is 35.4 Å². The number of nitrogens with zero attached hydrogens (tertiary/aromatic N) is 2. The second kappa shape index (κ2) is 6.88. The van der Waals surface area contributed by atoms with Gasteiger partial charge in [-0.25, -0.2) is 0 Å². The number of carbonyl (C=O) groups is 1. The van der Waals surface area contributed by atoms with E-state index in [0.717, 1.165) is 6.42 Å². The number of nitro groups is 1. The third-order valence-electron chi connectivity index (χ3n) is 3.44. The number of nitrogens with one attached hydrogen (secondary N) is 1. The second-order valence-electron chi connectivity index (χ2n) is 4.56. The number of para-hydroxylation sites is 1. The molecule has 1 unspecified atom stereocenters. The summed E-state index contributed by atoms with van der Waals surface area (Å²) in [5.41, 5.74) is 0.520. The summed E-state index contributed by atoms with van der Waals surface area (Å²) in [5.74, 6) is -0.185. The van der Waals surface area contributed by atoms with E-state index in [2.05, 4.69) is 5.32 Å². The Hall–Kier alpha value is -2.11. The molecule has 1 aromatic rings. The largest absolute Gasteiger partial charge is 0.382 e. The molecule has 1 aromatic carbocycles. The predicted octanol–water partition coefficient (Wildman–Crippen LogP) is 2.90. The van der Waals surface area contributed by atoms with Crippen LogP contribution in [0.5, 0.6) is 0 Å². The number of rotatable bonds is 6. The molecule has 110 valence electrons. The molecule has 1 rings (SSSR count). The van der Waals surface area contributed by atoms with Gasteiger partial charge < -0.3 is 10.2 Å². The molecule has 0 heterocycles. The average molecular weight is 279 g/mol. The maximum absolute atomic E-state index is 12.6. The van der Waals surface area contributed by atoms with Crippen LogP contribution in [-0.2, 0) is 0 Å². The number of hydrogen-bond donors (Lipinski definition) is 1. The molecular formula is C14H21N3O3. The molecule has 0 aliphatic carbocycles. The van der Waals surface area contributed by atoms with Crippen LogP contribution < -0.4 is 5.32 Å². The summed E-state index contributed by atoms with van der Waals surface area (Å²) in [6.07, 6.45) is 0.837. The molecule has 0 bridgehead atoms. The van der Waals surface area contributed by atoms with E-state index >= 15 is 0 Å². The van der Waals surface area contributed by atoms with Crippen molar-refractivity contribution in [1.82, 2.24) is 4.90 Å². The number of benzene rings is 1. The van der Waals surface area contributed by atoms with E-state index in [1.54, 1.807) is 18.0 Å². The van der Waals surface area contributed by atoms with E-state index in [1.165, 1.54) is 12.1 Å². The zero-order valence-corrected chi connectivity index (χ0v) is 12.3. The summed E-state index contributed by atoms with van der Waals surface area (Å²) in [6, 6.07) is 4.64. The lowest BCUT2D eigenvalue weighted by molar-refractivity contribution is -0.384. The summed E-state index contributed by atoms with van der Waals surface area (Å²) >= 11 is 0. The number of anilines is 1. The van der Waals surface area contributed by atoms with Gasteiger partial charge in [-0.3, -0.25) is 14.9 Å². The summed E-state index contributed by atoms with van der Waals surface area (Å²) < 4.78 is 0. The minimum Gasteiger partial charge on any atom is -0.382 e. The van der Waals surface area contributed by atoms with Crippen LogP contribution in [0.3, 0.4) is 0 Å². The van der Waals surface area contributed by atoms with E-state index in [0.29, 0.717) is 12.1 Å². The zero-order chi connectivity index (χ0) is 15.3. The van der Waals surface area contributed by atoms with Gasteiger partial charge in [0, 0.05) is 25.7 Å². The fourth-order valence-corrected chi connectivity index (χ4v) is 2.16. The van der Waals surface area contributed by atoms with Crippen LogP contribution >= 0.6 is 0 Å². The Kier molecular flexibility index (Phi) is 5.49. The lowest BCUT2D eigenvalue weighted by atomic mass is 10.1. The van der Waals surface area contributed by atoms with E-state index in [-0.39, 0.29) is 23.3 Å². The predicted molar refractivity (Wildman–Crippen MR) is 79.1 cm³/mol. The van der Waals surface area contributed by atoms with E-state index in [1.807, 2.05) is 20.8 Å². The summed E-state index contributed by atoms with van der Waals surface area (Å²) in [6.45, 7) is 6.45. The Morgan fingerprint density at radius 2 is 2.10 bits per heavy atom. The standard InChI is InChI=1S/C14H21N3O3/c1-5-10(3)16(6-2)14(18)11-8-7-9-12(17(19)20)13(11)15-4/h7-10,15H,5-6H2,1-4H3. The number of nitro benzene ring substituents is 1. The minimum atomic E-state index is -0.484.